The van der Waals surface area contributed by atoms with Crippen LogP contribution in [-0.2, 0) is 18.0 Å². The quantitative estimate of drug-likeness (QED) is 0.696. The van der Waals surface area contributed by atoms with E-state index in [2.05, 4.69) is 20.8 Å². The van der Waals surface area contributed by atoms with Gasteiger partial charge in [-0.3, -0.25) is 4.79 Å². The van der Waals surface area contributed by atoms with Gasteiger partial charge in [-0.2, -0.15) is 13.2 Å². The summed E-state index contributed by atoms with van der Waals surface area (Å²) in [7, 11) is 0. The maximum atomic E-state index is 13.0. The average molecular weight is 434 g/mol. The molecule has 0 spiro atoms. The summed E-state index contributed by atoms with van der Waals surface area (Å²) >= 11 is 0. The molecule has 0 radical (unpaired) electrons. The van der Waals surface area contributed by atoms with E-state index in [1.807, 2.05) is 24.3 Å². The van der Waals surface area contributed by atoms with Gasteiger partial charge in [-0.1, -0.05) is 51.1 Å². The summed E-state index contributed by atoms with van der Waals surface area (Å²) < 4.78 is 39.1. The Balaban J connectivity index is 1.67. The molecular formula is C25H30F3NO2. The van der Waals surface area contributed by atoms with Gasteiger partial charge in [0, 0.05) is 30.7 Å². The number of nitrogens with zero attached hydrogens (tertiary/aromatic N) is 1. The van der Waals surface area contributed by atoms with Crippen LogP contribution in [0.3, 0.4) is 0 Å². The smallest absolute Gasteiger partial charge is 0.396 e. The molecule has 0 atom stereocenters. The molecule has 1 N–H and O–H groups in total. The van der Waals surface area contributed by atoms with Crippen molar-refractivity contribution in [3.05, 3.63) is 70.8 Å². The summed E-state index contributed by atoms with van der Waals surface area (Å²) in [6, 6.07) is 12.9. The second-order valence-electron chi connectivity index (χ2n) is 9.65. The van der Waals surface area contributed by atoms with E-state index in [1.54, 1.807) is 11.0 Å². The fourth-order valence-corrected chi connectivity index (χ4v) is 4.16. The molecule has 2 aromatic carbocycles. The van der Waals surface area contributed by atoms with E-state index in [1.165, 1.54) is 6.07 Å². The third kappa shape index (κ3) is 5.48. The van der Waals surface area contributed by atoms with Crippen molar-refractivity contribution in [2.75, 3.05) is 19.7 Å². The molecular weight excluding hydrogens is 403 g/mol. The van der Waals surface area contributed by atoms with Gasteiger partial charge in [0.2, 0.25) is 0 Å². The normalized spacial score (nSPS) is 16.9. The molecule has 1 saturated heterocycles. The summed E-state index contributed by atoms with van der Waals surface area (Å²) in [5.74, 6) is -0.0499. The standard InChI is InChI=1S/C25H30F3NO2/c1-23(2,3)20-9-7-19(8-10-20)22(31)29-13-11-24(17-30,12-14-29)16-18-5-4-6-21(15-18)25(26,27)28/h4-10,15,30H,11-14,16-17H2,1-3H3. The van der Waals surface area contributed by atoms with Crippen LogP contribution >= 0.6 is 0 Å². The molecule has 0 saturated carbocycles. The third-order valence-corrected chi connectivity index (χ3v) is 6.28. The zero-order valence-corrected chi connectivity index (χ0v) is 18.3. The van der Waals surface area contributed by atoms with Crippen LogP contribution < -0.4 is 0 Å². The number of carbonyl (C=O) groups excluding carboxylic acids is 1. The molecule has 0 aromatic heterocycles. The number of benzene rings is 2. The van der Waals surface area contributed by atoms with Gasteiger partial charge >= 0.3 is 6.18 Å². The first-order chi connectivity index (χ1) is 14.4. The number of carbonyl (C=O) groups is 1. The minimum Gasteiger partial charge on any atom is -0.396 e. The summed E-state index contributed by atoms with van der Waals surface area (Å²) in [6.45, 7) is 7.18. The fourth-order valence-electron chi connectivity index (χ4n) is 4.16. The van der Waals surface area contributed by atoms with Crippen molar-refractivity contribution in [1.82, 2.24) is 4.90 Å². The van der Waals surface area contributed by atoms with Crippen molar-refractivity contribution in [3.8, 4) is 0 Å². The lowest BCUT2D eigenvalue weighted by molar-refractivity contribution is -0.137. The van der Waals surface area contributed by atoms with Crippen LogP contribution in [0.1, 0.15) is 60.7 Å². The topological polar surface area (TPSA) is 40.5 Å². The van der Waals surface area contributed by atoms with Gasteiger partial charge in [-0.15, -0.1) is 0 Å². The van der Waals surface area contributed by atoms with Crippen molar-refractivity contribution in [1.29, 1.82) is 0 Å². The van der Waals surface area contributed by atoms with Gasteiger partial charge in [0.25, 0.3) is 5.91 Å². The van der Waals surface area contributed by atoms with Crippen molar-refractivity contribution in [3.63, 3.8) is 0 Å². The number of halogens is 3. The van der Waals surface area contributed by atoms with Crippen molar-refractivity contribution in [2.45, 2.75) is 51.6 Å². The van der Waals surface area contributed by atoms with Crippen LogP contribution in [0, 0.1) is 5.41 Å². The molecule has 1 heterocycles. The van der Waals surface area contributed by atoms with E-state index >= 15 is 0 Å². The molecule has 31 heavy (non-hydrogen) atoms. The Bertz CT molecular complexity index is 906. The third-order valence-electron chi connectivity index (χ3n) is 6.28. The molecule has 1 aliphatic rings. The highest BCUT2D eigenvalue weighted by molar-refractivity contribution is 5.94. The molecule has 168 valence electrons. The molecule has 6 heteroatoms. The van der Waals surface area contributed by atoms with E-state index in [4.69, 9.17) is 0 Å². The average Bonchev–Trinajstić information content (AvgIpc) is 2.73. The molecule has 1 amide bonds. The molecule has 2 aromatic rings. The first kappa shape index (κ1) is 23.3. The zero-order chi connectivity index (χ0) is 22.9. The minimum absolute atomic E-state index is 0.0108. The Morgan fingerprint density at radius 2 is 1.61 bits per heavy atom. The van der Waals surface area contributed by atoms with Crippen LogP contribution in [0.2, 0.25) is 0 Å². The molecule has 1 aliphatic heterocycles. The number of hydrogen-bond acceptors (Lipinski definition) is 2. The number of alkyl halides is 3. The highest BCUT2D eigenvalue weighted by atomic mass is 19.4. The lowest BCUT2D eigenvalue weighted by Gasteiger charge is -2.41. The predicted octanol–water partition coefficient (Wildman–Crippen LogP) is 5.46. The first-order valence-electron chi connectivity index (χ1n) is 10.6. The number of rotatable bonds is 4. The van der Waals surface area contributed by atoms with Crippen molar-refractivity contribution >= 4 is 5.91 Å². The number of aliphatic hydroxyl groups excluding tert-OH is 1. The van der Waals surface area contributed by atoms with E-state index in [0.29, 0.717) is 43.5 Å². The van der Waals surface area contributed by atoms with Crippen LogP contribution in [-0.4, -0.2) is 35.6 Å². The summed E-state index contributed by atoms with van der Waals surface area (Å²) in [5, 5.41) is 10.1. The monoisotopic (exact) mass is 433 g/mol. The maximum absolute atomic E-state index is 13.0. The second-order valence-corrected chi connectivity index (χ2v) is 9.65. The van der Waals surface area contributed by atoms with Gasteiger partial charge in [0.15, 0.2) is 0 Å². The van der Waals surface area contributed by atoms with Crippen LogP contribution in [0.15, 0.2) is 48.5 Å². The maximum Gasteiger partial charge on any atom is 0.416 e. The molecule has 1 fully saturated rings. The second kappa shape index (κ2) is 8.65. The van der Waals surface area contributed by atoms with Gasteiger partial charge in [-0.05, 0) is 54.0 Å². The molecule has 0 aliphatic carbocycles. The Hall–Kier alpha value is -2.34. The lowest BCUT2D eigenvalue weighted by Crippen LogP contribution is -2.45. The summed E-state index contributed by atoms with van der Waals surface area (Å²) in [6.07, 6.45) is -2.94. The molecule has 3 nitrogen and oxygen atoms in total. The van der Waals surface area contributed by atoms with Crippen LogP contribution in [0.25, 0.3) is 0 Å². The largest absolute Gasteiger partial charge is 0.416 e. The van der Waals surface area contributed by atoms with Crippen LogP contribution in [0.5, 0.6) is 0 Å². The molecule has 0 bridgehead atoms. The highest BCUT2D eigenvalue weighted by Gasteiger charge is 2.37. The van der Waals surface area contributed by atoms with E-state index in [0.717, 1.165) is 17.7 Å². The Morgan fingerprint density at radius 3 is 2.13 bits per heavy atom. The first-order valence-corrected chi connectivity index (χ1v) is 10.6. The molecule has 3 rings (SSSR count). The lowest BCUT2D eigenvalue weighted by atomic mass is 9.74. The zero-order valence-electron chi connectivity index (χ0n) is 18.3. The number of aliphatic hydroxyl groups is 1. The fraction of sp³-hybridized carbons (Fsp3) is 0.480. The number of piperidine rings is 1. The highest BCUT2D eigenvalue weighted by Crippen LogP contribution is 2.37. The summed E-state index contributed by atoms with van der Waals surface area (Å²) in [4.78, 5) is 14.7. The predicted molar refractivity (Wildman–Crippen MR) is 115 cm³/mol. The van der Waals surface area contributed by atoms with E-state index in [9.17, 15) is 23.1 Å². The number of hydrogen-bond donors (Lipinski definition) is 1. The Morgan fingerprint density at radius 1 is 1.00 bits per heavy atom. The van der Waals surface area contributed by atoms with E-state index in [-0.39, 0.29) is 17.9 Å². The van der Waals surface area contributed by atoms with Crippen LogP contribution in [0.4, 0.5) is 13.2 Å². The van der Waals surface area contributed by atoms with Crippen molar-refractivity contribution < 1.29 is 23.1 Å². The van der Waals surface area contributed by atoms with Gasteiger partial charge in [-0.25, -0.2) is 0 Å². The minimum atomic E-state index is -4.39. The molecule has 0 unspecified atom stereocenters. The van der Waals surface area contributed by atoms with Gasteiger partial charge in [0.1, 0.15) is 0 Å². The Labute approximate surface area is 181 Å². The van der Waals surface area contributed by atoms with Gasteiger partial charge < -0.3 is 10.0 Å². The number of likely N-dealkylation sites (tertiary alicyclic amines) is 1. The van der Waals surface area contributed by atoms with Crippen molar-refractivity contribution in [2.24, 2.45) is 5.41 Å². The summed E-state index contributed by atoms with van der Waals surface area (Å²) in [5.41, 5.74) is 1.16. The SMILES string of the molecule is CC(C)(C)c1ccc(C(=O)N2CCC(CO)(Cc3cccc(C(F)(F)F)c3)CC2)cc1. The number of amides is 1. The van der Waals surface area contributed by atoms with E-state index < -0.39 is 17.2 Å². The Kier molecular flexibility index (Phi) is 6.51. The van der Waals surface area contributed by atoms with Gasteiger partial charge in [0.05, 0.1) is 5.56 Å².